The van der Waals surface area contributed by atoms with Crippen LogP contribution in [0.25, 0.3) is 12.2 Å². The van der Waals surface area contributed by atoms with E-state index in [-0.39, 0.29) is 0 Å². The number of hydrogen-bond acceptors (Lipinski definition) is 7. The number of nitrogens with zero attached hydrogens (tertiary/aromatic N) is 5. The molecule has 192 valence electrons. The quantitative estimate of drug-likeness (QED) is 0.373. The topological polar surface area (TPSA) is 66.8 Å². The van der Waals surface area contributed by atoms with Gasteiger partial charge in [-0.3, -0.25) is 5.32 Å². The van der Waals surface area contributed by atoms with Crippen LogP contribution in [0, 0.1) is 18.8 Å². The van der Waals surface area contributed by atoms with Crippen LogP contribution in [0.5, 0.6) is 0 Å². The molecule has 0 bridgehead atoms. The van der Waals surface area contributed by atoms with Gasteiger partial charge in [0.1, 0.15) is 0 Å². The van der Waals surface area contributed by atoms with E-state index in [1.165, 1.54) is 23.8 Å². The SMILES string of the molecule is Cc1cnc(Nc2nc(C=Cc3cccc(C(F)(F)F)c3)nc(N3CCCCC(C(C)C)CC3)n2)s1. The number of hydrogen-bond donors (Lipinski definition) is 1. The van der Waals surface area contributed by atoms with Crippen LogP contribution in [0.4, 0.5) is 30.2 Å². The summed E-state index contributed by atoms with van der Waals surface area (Å²) in [5.41, 5.74) is -0.273. The summed E-state index contributed by atoms with van der Waals surface area (Å²) in [6.45, 7) is 8.21. The molecule has 3 aromatic rings. The van der Waals surface area contributed by atoms with Crippen LogP contribution < -0.4 is 10.2 Å². The summed E-state index contributed by atoms with van der Waals surface area (Å²) >= 11 is 1.49. The Morgan fingerprint density at radius 1 is 1.08 bits per heavy atom. The molecule has 0 amide bonds. The summed E-state index contributed by atoms with van der Waals surface area (Å²) in [5.74, 6) is 2.58. The standard InChI is InChI=1S/C26H31F3N6S/c1-17(2)20-8-4-5-13-35(14-12-20)24-32-22(31-23(33-24)34-25-30-16-18(3)36-25)11-10-19-7-6-9-21(15-19)26(27,28)29/h6-7,9-11,15-17,20H,4-5,8,12-14H2,1-3H3,(H,30,31,32,33,34). The van der Waals surface area contributed by atoms with Gasteiger partial charge in [-0.1, -0.05) is 44.9 Å². The average molecular weight is 517 g/mol. The van der Waals surface area contributed by atoms with E-state index in [4.69, 9.17) is 0 Å². The summed E-state index contributed by atoms with van der Waals surface area (Å²) in [6, 6.07) is 5.18. The Morgan fingerprint density at radius 3 is 2.64 bits per heavy atom. The fourth-order valence-corrected chi connectivity index (χ4v) is 4.96. The van der Waals surface area contributed by atoms with E-state index in [2.05, 4.69) is 44.0 Å². The third-order valence-electron chi connectivity index (χ3n) is 6.37. The van der Waals surface area contributed by atoms with Crippen molar-refractivity contribution < 1.29 is 13.2 Å². The van der Waals surface area contributed by atoms with Crippen LogP contribution in [-0.4, -0.2) is 33.0 Å². The number of alkyl halides is 3. The fourth-order valence-electron chi connectivity index (χ4n) is 4.30. The zero-order valence-corrected chi connectivity index (χ0v) is 21.5. The van der Waals surface area contributed by atoms with Crippen LogP contribution >= 0.6 is 11.3 Å². The molecule has 0 radical (unpaired) electrons. The molecule has 4 rings (SSSR count). The maximum atomic E-state index is 13.1. The van der Waals surface area contributed by atoms with Gasteiger partial charge in [-0.2, -0.15) is 28.1 Å². The first-order chi connectivity index (χ1) is 17.2. The van der Waals surface area contributed by atoms with Gasteiger partial charge in [-0.25, -0.2) is 4.98 Å². The Balaban J connectivity index is 1.63. The van der Waals surface area contributed by atoms with E-state index >= 15 is 0 Å². The Hall–Kier alpha value is -3.01. The summed E-state index contributed by atoms with van der Waals surface area (Å²) in [4.78, 5) is 21.4. The van der Waals surface area contributed by atoms with Gasteiger partial charge in [-0.05, 0) is 55.4 Å². The molecule has 1 unspecified atom stereocenters. The van der Waals surface area contributed by atoms with Crippen LogP contribution in [0.2, 0.25) is 0 Å². The van der Waals surface area contributed by atoms with E-state index in [1.54, 1.807) is 24.4 Å². The van der Waals surface area contributed by atoms with E-state index in [9.17, 15) is 13.2 Å². The van der Waals surface area contributed by atoms with Crippen molar-refractivity contribution in [1.29, 1.82) is 0 Å². The van der Waals surface area contributed by atoms with E-state index in [0.717, 1.165) is 49.4 Å². The van der Waals surface area contributed by atoms with E-state index in [0.29, 0.717) is 40.3 Å². The van der Waals surface area contributed by atoms with Crippen molar-refractivity contribution in [3.63, 3.8) is 0 Å². The normalized spacial score (nSPS) is 17.4. The van der Waals surface area contributed by atoms with Crippen molar-refractivity contribution in [2.24, 2.45) is 11.8 Å². The maximum absolute atomic E-state index is 13.1. The molecule has 0 saturated carbocycles. The lowest BCUT2D eigenvalue weighted by atomic mass is 9.86. The zero-order valence-electron chi connectivity index (χ0n) is 20.7. The lowest BCUT2D eigenvalue weighted by Crippen LogP contribution is -2.32. The highest BCUT2D eigenvalue weighted by Gasteiger charge is 2.30. The molecule has 1 fully saturated rings. The fraction of sp³-hybridized carbons (Fsp3) is 0.462. The second-order valence-corrected chi connectivity index (χ2v) is 10.7. The van der Waals surface area contributed by atoms with Gasteiger partial charge in [0.2, 0.25) is 11.9 Å². The number of halogens is 3. The Morgan fingerprint density at radius 2 is 1.92 bits per heavy atom. The van der Waals surface area contributed by atoms with Crippen molar-refractivity contribution in [3.05, 3.63) is 52.3 Å². The minimum Gasteiger partial charge on any atom is -0.341 e. The minimum absolute atomic E-state index is 0.362. The molecule has 1 aromatic carbocycles. The average Bonchev–Trinajstić information content (AvgIpc) is 3.21. The first kappa shape index (κ1) is 26.1. The molecule has 2 aromatic heterocycles. The third kappa shape index (κ3) is 7.02. The molecule has 10 heteroatoms. The Bertz CT molecular complexity index is 1190. The molecular formula is C26H31F3N6S. The molecular weight excluding hydrogens is 485 g/mol. The highest BCUT2D eigenvalue weighted by Crippen LogP contribution is 2.30. The summed E-state index contributed by atoms with van der Waals surface area (Å²) in [7, 11) is 0. The van der Waals surface area contributed by atoms with E-state index in [1.807, 2.05) is 6.92 Å². The lowest BCUT2D eigenvalue weighted by Gasteiger charge is -2.30. The lowest BCUT2D eigenvalue weighted by molar-refractivity contribution is -0.137. The van der Waals surface area contributed by atoms with Crippen molar-refractivity contribution in [2.45, 2.75) is 52.6 Å². The van der Waals surface area contributed by atoms with Crippen molar-refractivity contribution in [2.75, 3.05) is 23.3 Å². The number of benzene rings is 1. The van der Waals surface area contributed by atoms with Gasteiger partial charge in [0.15, 0.2) is 11.0 Å². The number of rotatable bonds is 6. The highest BCUT2D eigenvalue weighted by atomic mass is 32.1. The highest BCUT2D eigenvalue weighted by molar-refractivity contribution is 7.15. The summed E-state index contributed by atoms with van der Waals surface area (Å²) in [5, 5.41) is 3.83. The second-order valence-electron chi connectivity index (χ2n) is 9.45. The van der Waals surface area contributed by atoms with Gasteiger partial charge in [0.25, 0.3) is 0 Å². The van der Waals surface area contributed by atoms with Crippen molar-refractivity contribution in [1.82, 2.24) is 19.9 Å². The number of nitrogens with one attached hydrogen (secondary N) is 1. The molecule has 1 N–H and O–H groups in total. The molecule has 1 saturated heterocycles. The van der Waals surface area contributed by atoms with Gasteiger partial charge in [0, 0.05) is 24.2 Å². The van der Waals surface area contributed by atoms with Crippen molar-refractivity contribution >= 4 is 40.5 Å². The molecule has 0 spiro atoms. The third-order valence-corrected chi connectivity index (χ3v) is 7.20. The summed E-state index contributed by atoms with van der Waals surface area (Å²) < 4.78 is 39.3. The second kappa shape index (κ2) is 11.4. The Kier molecular flexibility index (Phi) is 8.23. The molecule has 6 nitrogen and oxygen atoms in total. The number of thiazole rings is 1. The van der Waals surface area contributed by atoms with Crippen LogP contribution in [0.15, 0.2) is 30.5 Å². The van der Waals surface area contributed by atoms with Crippen LogP contribution in [0.1, 0.15) is 61.4 Å². The Labute approximate surface area is 213 Å². The van der Waals surface area contributed by atoms with Crippen LogP contribution in [-0.2, 0) is 6.18 Å². The van der Waals surface area contributed by atoms with Gasteiger partial charge < -0.3 is 4.90 Å². The van der Waals surface area contributed by atoms with Crippen molar-refractivity contribution in [3.8, 4) is 0 Å². The van der Waals surface area contributed by atoms with Crippen LogP contribution in [0.3, 0.4) is 0 Å². The molecule has 3 heterocycles. The van der Waals surface area contributed by atoms with Gasteiger partial charge in [0.05, 0.1) is 5.56 Å². The van der Waals surface area contributed by atoms with Gasteiger partial charge >= 0.3 is 6.18 Å². The molecule has 1 atom stereocenters. The predicted octanol–water partition coefficient (Wildman–Crippen LogP) is 7.22. The predicted molar refractivity (Wildman–Crippen MR) is 139 cm³/mol. The van der Waals surface area contributed by atoms with E-state index < -0.39 is 11.7 Å². The number of anilines is 3. The molecule has 1 aliphatic rings. The number of aryl methyl sites for hydroxylation is 1. The first-order valence-corrected chi connectivity index (χ1v) is 13.0. The first-order valence-electron chi connectivity index (χ1n) is 12.2. The largest absolute Gasteiger partial charge is 0.416 e. The smallest absolute Gasteiger partial charge is 0.341 e. The molecule has 1 aliphatic heterocycles. The number of aromatic nitrogens is 4. The minimum atomic E-state index is -4.40. The maximum Gasteiger partial charge on any atom is 0.416 e. The molecule has 36 heavy (non-hydrogen) atoms. The summed E-state index contributed by atoms with van der Waals surface area (Å²) in [6.07, 6.45) is 5.11. The van der Waals surface area contributed by atoms with Gasteiger partial charge in [-0.15, -0.1) is 11.3 Å². The molecule has 0 aliphatic carbocycles. The monoisotopic (exact) mass is 516 g/mol. The zero-order chi connectivity index (χ0) is 25.7.